The van der Waals surface area contributed by atoms with Gasteiger partial charge in [-0.1, -0.05) is 6.92 Å². The molecule has 2 unspecified atom stereocenters. The predicted molar refractivity (Wildman–Crippen MR) is 95.3 cm³/mol. The molecule has 0 radical (unpaired) electrons. The molecule has 2 atom stereocenters. The van der Waals surface area contributed by atoms with Crippen molar-refractivity contribution in [3.63, 3.8) is 0 Å². The minimum atomic E-state index is -0.127. The molecule has 7 heteroatoms. The van der Waals surface area contributed by atoms with Crippen LogP contribution in [0.4, 0.5) is 0 Å². The van der Waals surface area contributed by atoms with E-state index in [0.717, 1.165) is 30.9 Å². The number of amides is 1. The second-order valence-electron chi connectivity index (χ2n) is 5.89. The Bertz CT molecular complexity index is 671. The van der Waals surface area contributed by atoms with Gasteiger partial charge in [-0.05, 0) is 49.2 Å². The number of methoxy groups -OCH3 is 1. The Hall–Kier alpha value is -2.05. The molecule has 130 valence electrons. The molecule has 0 aliphatic carbocycles. The van der Waals surface area contributed by atoms with Gasteiger partial charge >= 0.3 is 0 Å². The van der Waals surface area contributed by atoms with Crippen LogP contribution in [0.25, 0.3) is 5.69 Å². The summed E-state index contributed by atoms with van der Waals surface area (Å²) in [6, 6.07) is 9.43. The summed E-state index contributed by atoms with van der Waals surface area (Å²) in [5.74, 6) is 1.14. The molecule has 3 rings (SSSR count). The normalized spacial score (nSPS) is 20.1. The van der Waals surface area contributed by atoms with Gasteiger partial charge in [-0.3, -0.25) is 4.79 Å². The van der Waals surface area contributed by atoms with Crippen LogP contribution >= 0.6 is 12.4 Å². The summed E-state index contributed by atoms with van der Waals surface area (Å²) in [6.07, 6.45) is 2.87. The second-order valence-corrected chi connectivity index (χ2v) is 5.89. The Morgan fingerprint density at radius 2 is 2.08 bits per heavy atom. The molecule has 0 spiro atoms. The van der Waals surface area contributed by atoms with Gasteiger partial charge < -0.3 is 15.4 Å². The third kappa shape index (κ3) is 4.07. The summed E-state index contributed by atoms with van der Waals surface area (Å²) in [5.41, 5.74) is 1.32. The number of halogens is 1. The highest BCUT2D eigenvalue weighted by Gasteiger charge is 2.23. The first kappa shape index (κ1) is 18.3. The molecule has 2 N–H and O–H groups in total. The Morgan fingerprint density at radius 1 is 1.33 bits per heavy atom. The first-order valence-corrected chi connectivity index (χ1v) is 7.89. The molecule has 0 bridgehead atoms. The van der Waals surface area contributed by atoms with E-state index in [1.165, 1.54) is 0 Å². The molecule has 2 heterocycles. The topological polar surface area (TPSA) is 68.2 Å². The third-order valence-corrected chi connectivity index (χ3v) is 4.30. The van der Waals surface area contributed by atoms with E-state index < -0.39 is 0 Å². The molecule has 1 aromatic carbocycles. The summed E-state index contributed by atoms with van der Waals surface area (Å²) in [7, 11) is 1.63. The molecule has 1 fully saturated rings. The van der Waals surface area contributed by atoms with Crippen LogP contribution in [0, 0.1) is 5.92 Å². The van der Waals surface area contributed by atoms with E-state index in [1.54, 1.807) is 24.1 Å². The van der Waals surface area contributed by atoms with Crippen molar-refractivity contribution in [2.24, 2.45) is 5.92 Å². The minimum absolute atomic E-state index is 0. The van der Waals surface area contributed by atoms with E-state index in [4.69, 9.17) is 4.74 Å². The summed E-state index contributed by atoms with van der Waals surface area (Å²) >= 11 is 0. The number of piperidine rings is 1. The predicted octanol–water partition coefficient (Wildman–Crippen LogP) is 2.03. The molecule has 1 amide bonds. The van der Waals surface area contributed by atoms with E-state index in [0.29, 0.717) is 11.6 Å². The van der Waals surface area contributed by atoms with Crippen molar-refractivity contribution in [1.82, 2.24) is 20.4 Å². The van der Waals surface area contributed by atoms with E-state index in [1.807, 2.05) is 24.3 Å². The molecule has 0 saturated carbocycles. The zero-order valence-corrected chi connectivity index (χ0v) is 14.7. The lowest BCUT2D eigenvalue weighted by Gasteiger charge is -2.29. The third-order valence-electron chi connectivity index (χ3n) is 4.30. The second kappa shape index (κ2) is 8.17. The smallest absolute Gasteiger partial charge is 0.272 e. The largest absolute Gasteiger partial charge is 0.497 e. The van der Waals surface area contributed by atoms with Gasteiger partial charge in [0.15, 0.2) is 5.69 Å². The molecular formula is C17H23ClN4O2. The van der Waals surface area contributed by atoms with E-state index >= 15 is 0 Å². The van der Waals surface area contributed by atoms with Crippen LogP contribution in [-0.2, 0) is 0 Å². The van der Waals surface area contributed by atoms with Gasteiger partial charge in [0.2, 0.25) is 0 Å². The molecule has 1 aromatic heterocycles. The lowest BCUT2D eigenvalue weighted by molar-refractivity contribution is 0.0909. The van der Waals surface area contributed by atoms with E-state index in [2.05, 4.69) is 22.7 Å². The monoisotopic (exact) mass is 350 g/mol. The Labute approximate surface area is 148 Å². The number of rotatable bonds is 4. The van der Waals surface area contributed by atoms with Crippen LogP contribution in [0.15, 0.2) is 36.5 Å². The van der Waals surface area contributed by atoms with E-state index in [-0.39, 0.29) is 24.4 Å². The highest BCUT2D eigenvalue weighted by molar-refractivity contribution is 5.92. The number of aromatic nitrogens is 2. The molecule has 6 nitrogen and oxygen atoms in total. The maximum atomic E-state index is 12.4. The Kier molecular flexibility index (Phi) is 6.23. The molecule has 1 aliphatic heterocycles. The van der Waals surface area contributed by atoms with Crippen molar-refractivity contribution in [1.29, 1.82) is 0 Å². The van der Waals surface area contributed by atoms with Crippen LogP contribution in [-0.4, -0.2) is 41.9 Å². The quantitative estimate of drug-likeness (QED) is 0.885. The van der Waals surface area contributed by atoms with Crippen LogP contribution in [0.2, 0.25) is 0 Å². The highest BCUT2D eigenvalue weighted by Crippen LogP contribution is 2.15. The maximum absolute atomic E-state index is 12.4. The van der Waals surface area contributed by atoms with Crippen LogP contribution < -0.4 is 15.4 Å². The fourth-order valence-corrected chi connectivity index (χ4v) is 2.75. The zero-order valence-electron chi connectivity index (χ0n) is 13.9. The number of benzene rings is 1. The van der Waals surface area contributed by atoms with Crippen molar-refractivity contribution in [3.8, 4) is 11.4 Å². The number of hydrogen-bond donors (Lipinski definition) is 2. The van der Waals surface area contributed by atoms with Gasteiger partial charge in [-0.2, -0.15) is 5.10 Å². The molecule has 1 saturated heterocycles. The van der Waals surface area contributed by atoms with Crippen LogP contribution in [0.1, 0.15) is 23.8 Å². The van der Waals surface area contributed by atoms with Gasteiger partial charge in [-0.25, -0.2) is 4.68 Å². The zero-order chi connectivity index (χ0) is 16.2. The maximum Gasteiger partial charge on any atom is 0.272 e. The first-order valence-electron chi connectivity index (χ1n) is 7.89. The summed E-state index contributed by atoms with van der Waals surface area (Å²) in [5, 5.41) is 10.8. The fourth-order valence-electron chi connectivity index (χ4n) is 2.75. The summed E-state index contributed by atoms with van der Waals surface area (Å²) in [6.45, 7) is 3.99. The van der Waals surface area contributed by atoms with Crippen molar-refractivity contribution in [2.45, 2.75) is 19.4 Å². The average Bonchev–Trinajstić information content (AvgIpc) is 3.07. The van der Waals surface area contributed by atoms with Crippen molar-refractivity contribution in [2.75, 3.05) is 20.2 Å². The Morgan fingerprint density at radius 3 is 2.75 bits per heavy atom. The van der Waals surface area contributed by atoms with Crippen LogP contribution in [0.3, 0.4) is 0 Å². The molecule has 24 heavy (non-hydrogen) atoms. The number of ether oxygens (including phenoxy) is 1. The number of nitrogens with zero attached hydrogens (tertiary/aromatic N) is 2. The summed E-state index contributed by atoms with van der Waals surface area (Å²) in [4.78, 5) is 12.4. The fraction of sp³-hybridized carbons (Fsp3) is 0.412. The van der Waals surface area contributed by atoms with Crippen LogP contribution in [0.5, 0.6) is 5.75 Å². The Balaban J connectivity index is 0.00000208. The standard InChI is InChI=1S/C17H22N4O2.ClH/c1-12-7-9-18-11-16(12)19-17(22)15-8-10-21(20-15)13-3-5-14(23-2)6-4-13;/h3-6,8,10,12,16,18H,7,9,11H2,1-2H3,(H,19,22);1H. The van der Waals surface area contributed by atoms with E-state index in [9.17, 15) is 4.79 Å². The minimum Gasteiger partial charge on any atom is -0.497 e. The molecule has 1 aliphatic rings. The first-order chi connectivity index (χ1) is 11.2. The van der Waals surface area contributed by atoms with Gasteiger partial charge in [0, 0.05) is 18.8 Å². The van der Waals surface area contributed by atoms with Gasteiger partial charge in [-0.15, -0.1) is 12.4 Å². The number of hydrogen-bond acceptors (Lipinski definition) is 4. The average molecular weight is 351 g/mol. The lowest BCUT2D eigenvalue weighted by atomic mass is 9.95. The van der Waals surface area contributed by atoms with Crippen molar-refractivity contribution < 1.29 is 9.53 Å². The molecular weight excluding hydrogens is 328 g/mol. The highest BCUT2D eigenvalue weighted by atomic mass is 35.5. The van der Waals surface area contributed by atoms with Crippen molar-refractivity contribution >= 4 is 18.3 Å². The van der Waals surface area contributed by atoms with Gasteiger partial charge in [0.05, 0.1) is 12.8 Å². The SMILES string of the molecule is COc1ccc(-n2ccc(C(=O)NC3CNCCC3C)n2)cc1.Cl. The van der Waals surface area contributed by atoms with Gasteiger partial charge in [0.1, 0.15) is 5.75 Å². The lowest BCUT2D eigenvalue weighted by Crippen LogP contribution is -2.50. The van der Waals surface area contributed by atoms with Gasteiger partial charge in [0.25, 0.3) is 5.91 Å². The number of carbonyl (C=O) groups is 1. The summed E-state index contributed by atoms with van der Waals surface area (Å²) < 4.78 is 6.83. The number of carbonyl (C=O) groups excluding carboxylic acids is 1. The molecule has 2 aromatic rings. The van der Waals surface area contributed by atoms with Crippen molar-refractivity contribution in [3.05, 3.63) is 42.2 Å². The number of nitrogens with one attached hydrogen (secondary N) is 2.